The molecule has 3 heteroatoms. The van der Waals surface area contributed by atoms with Crippen LogP contribution in [-0.4, -0.2) is 17.7 Å². The third-order valence-corrected chi connectivity index (χ3v) is 11.3. The van der Waals surface area contributed by atoms with Crippen LogP contribution in [0.1, 0.15) is 41.5 Å². The number of aromatic nitrogens is 2. The standard InChI is InChI=1S/C16H26N2Si/c1-12(2)19(13(3)4,14(5)6)18-16-10-8-7-9-15(16)11-17-18/h7-14H,1-6H3. The smallest absolute Gasteiger partial charge is 0.193 e. The molecule has 0 aliphatic carbocycles. The molecule has 0 atom stereocenters. The second kappa shape index (κ2) is 5.12. The third kappa shape index (κ3) is 2.04. The zero-order valence-corrected chi connectivity index (χ0v) is 14.0. The van der Waals surface area contributed by atoms with Crippen LogP contribution in [0.25, 0.3) is 10.9 Å². The zero-order chi connectivity index (χ0) is 14.2. The summed E-state index contributed by atoms with van der Waals surface area (Å²) in [6.45, 7) is 14.3. The van der Waals surface area contributed by atoms with Crippen molar-refractivity contribution >= 4 is 19.1 Å². The molecule has 0 saturated carbocycles. The molecule has 0 aliphatic rings. The fourth-order valence-corrected chi connectivity index (χ4v) is 10.4. The van der Waals surface area contributed by atoms with E-state index in [1.165, 1.54) is 10.9 Å². The highest BCUT2D eigenvalue weighted by Gasteiger charge is 2.46. The topological polar surface area (TPSA) is 17.8 Å². The summed E-state index contributed by atoms with van der Waals surface area (Å²) in [5.41, 5.74) is 3.34. The number of hydrogen-bond donors (Lipinski definition) is 0. The molecule has 0 bridgehead atoms. The monoisotopic (exact) mass is 274 g/mol. The van der Waals surface area contributed by atoms with Gasteiger partial charge in [0.1, 0.15) is 0 Å². The van der Waals surface area contributed by atoms with Gasteiger partial charge in [0, 0.05) is 5.39 Å². The van der Waals surface area contributed by atoms with Gasteiger partial charge in [-0.1, -0.05) is 59.7 Å². The Morgan fingerprint density at radius 2 is 1.42 bits per heavy atom. The summed E-state index contributed by atoms with van der Waals surface area (Å²) in [7, 11) is -1.71. The van der Waals surface area contributed by atoms with Crippen LogP contribution >= 0.6 is 0 Å². The molecule has 19 heavy (non-hydrogen) atoms. The average molecular weight is 274 g/mol. The summed E-state index contributed by atoms with van der Waals surface area (Å²) < 4.78 is 2.42. The van der Waals surface area contributed by atoms with Gasteiger partial charge in [0.25, 0.3) is 0 Å². The molecular formula is C16H26N2Si. The van der Waals surface area contributed by atoms with Gasteiger partial charge in [0.05, 0.1) is 11.7 Å². The van der Waals surface area contributed by atoms with Crippen molar-refractivity contribution in [2.75, 3.05) is 0 Å². The van der Waals surface area contributed by atoms with E-state index >= 15 is 0 Å². The maximum atomic E-state index is 4.81. The van der Waals surface area contributed by atoms with E-state index < -0.39 is 8.24 Å². The minimum atomic E-state index is -1.71. The quantitative estimate of drug-likeness (QED) is 0.713. The Kier molecular flexibility index (Phi) is 3.86. The van der Waals surface area contributed by atoms with Gasteiger partial charge in [-0.2, -0.15) is 5.10 Å². The van der Waals surface area contributed by atoms with E-state index in [0.717, 1.165) is 0 Å². The van der Waals surface area contributed by atoms with E-state index in [1.54, 1.807) is 0 Å². The van der Waals surface area contributed by atoms with Crippen molar-refractivity contribution in [2.24, 2.45) is 0 Å². The fraction of sp³-hybridized carbons (Fsp3) is 0.562. The Bertz CT molecular complexity index is 533. The molecule has 0 spiro atoms. The predicted molar refractivity (Wildman–Crippen MR) is 86.2 cm³/mol. The summed E-state index contributed by atoms with van der Waals surface area (Å²) in [5.74, 6) is 0. The molecule has 104 valence electrons. The van der Waals surface area contributed by atoms with Gasteiger partial charge in [-0.3, -0.25) is 4.35 Å². The predicted octanol–water partition coefficient (Wildman–Crippen LogP) is 5.06. The van der Waals surface area contributed by atoms with Crippen molar-refractivity contribution in [3.8, 4) is 0 Å². The Hall–Kier alpha value is -1.09. The van der Waals surface area contributed by atoms with Crippen molar-refractivity contribution in [2.45, 2.75) is 58.2 Å². The van der Waals surface area contributed by atoms with E-state index in [4.69, 9.17) is 5.10 Å². The Labute approximate surface area is 117 Å². The molecule has 1 aromatic carbocycles. The van der Waals surface area contributed by atoms with E-state index in [1.807, 2.05) is 6.20 Å². The molecule has 2 nitrogen and oxygen atoms in total. The molecule has 0 aliphatic heterocycles. The van der Waals surface area contributed by atoms with Gasteiger partial charge in [0.15, 0.2) is 8.24 Å². The van der Waals surface area contributed by atoms with Crippen LogP contribution in [0.15, 0.2) is 30.5 Å². The number of benzene rings is 1. The van der Waals surface area contributed by atoms with Gasteiger partial charge >= 0.3 is 0 Å². The zero-order valence-electron chi connectivity index (χ0n) is 13.0. The van der Waals surface area contributed by atoms with Crippen molar-refractivity contribution < 1.29 is 0 Å². The van der Waals surface area contributed by atoms with E-state index in [0.29, 0.717) is 16.6 Å². The van der Waals surface area contributed by atoms with Gasteiger partial charge in [-0.25, -0.2) is 0 Å². The van der Waals surface area contributed by atoms with Gasteiger partial charge in [-0.05, 0) is 22.7 Å². The number of fused-ring (bicyclic) bond motifs is 1. The molecule has 1 heterocycles. The molecule has 0 N–H and O–H groups in total. The number of para-hydroxylation sites is 1. The lowest BCUT2D eigenvalue weighted by atomic mass is 10.3. The second-order valence-corrected chi connectivity index (χ2v) is 12.1. The van der Waals surface area contributed by atoms with Crippen LogP contribution < -0.4 is 0 Å². The lowest BCUT2D eigenvalue weighted by Crippen LogP contribution is -2.52. The Morgan fingerprint density at radius 3 is 1.95 bits per heavy atom. The van der Waals surface area contributed by atoms with E-state index in [-0.39, 0.29) is 0 Å². The second-order valence-electron chi connectivity index (χ2n) is 6.47. The highest BCUT2D eigenvalue weighted by Crippen LogP contribution is 2.43. The normalized spacial score (nSPS) is 13.1. The molecule has 0 saturated heterocycles. The first kappa shape index (κ1) is 14.3. The third-order valence-electron chi connectivity index (χ3n) is 4.62. The summed E-state index contributed by atoms with van der Waals surface area (Å²) >= 11 is 0. The Balaban J connectivity index is 2.74. The maximum Gasteiger partial charge on any atom is 0.193 e. The SMILES string of the molecule is CC(C)[Si](C(C)C)(C(C)C)n1ncc2ccccc21. The fourth-order valence-electron chi connectivity index (χ4n) is 4.01. The van der Waals surface area contributed by atoms with Crippen molar-refractivity contribution in [1.29, 1.82) is 0 Å². The first-order chi connectivity index (χ1) is 8.92. The minimum absolute atomic E-state index is 0.677. The van der Waals surface area contributed by atoms with Crippen LogP contribution in [0.3, 0.4) is 0 Å². The van der Waals surface area contributed by atoms with Gasteiger partial charge in [0.2, 0.25) is 0 Å². The highest BCUT2D eigenvalue weighted by molar-refractivity contribution is 6.82. The molecule has 0 unspecified atom stereocenters. The highest BCUT2D eigenvalue weighted by atomic mass is 28.3. The van der Waals surface area contributed by atoms with Crippen molar-refractivity contribution in [3.05, 3.63) is 30.5 Å². The van der Waals surface area contributed by atoms with Gasteiger partial charge < -0.3 is 0 Å². The Morgan fingerprint density at radius 1 is 0.895 bits per heavy atom. The summed E-state index contributed by atoms with van der Waals surface area (Å²) in [5, 5.41) is 6.08. The number of rotatable bonds is 4. The lowest BCUT2D eigenvalue weighted by molar-refractivity contribution is 0.736. The van der Waals surface area contributed by atoms with Crippen molar-refractivity contribution in [1.82, 2.24) is 9.45 Å². The average Bonchev–Trinajstić information content (AvgIpc) is 2.73. The van der Waals surface area contributed by atoms with Crippen LogP contribution in [0.4, 0.5) is 0 Å². The molecule has 2 rings (SSSR count). The number of hydrogen-bond acceptors (Lipinski definition) is 1. The van der Waals surface area contributed by atoms with Gasteiger partial charge in [-0.15, -0.1) is 0 Å². The van der Waals surface area contributed by atoms with Crippen LogP contribution in [-0.2, 0) is 0 Å². The summed E-state index contributed by atoms with van der Waals surface area (Å²) in [6.07, 6.45) is 2.03. The molecular weight excluding hydrogens is 248 g/mol. The largest absolute Gasteiger partial charge is 0.293 e. The lowest BCUT2D eigenvalue weighted by Gasteiger charge is -2.43. The van der Waals surface area contributed by atoms with Crippen molar-refractivity contribution in [3.63, 3.8) is 0 Å². The van der Waals surface area contributed by atoms with Crippen LogP contribution in [0, 0.1) is 0 Å². The van der Waals surface area contributed by atoms with E-state index in [9.17, 15) is 0 Å². The molecule has 1 aromatic heterocycles. The van der Waals surface area contributed by atoms with E-state index in [2.05, 4.69) is 70.2 Å². The minimum Gasteiger partial charge on any atom is -0.293 e. The van der Waals surface area contributed by atoms with Crippen LogP contribution in [0.2, 0.25) is 16.6 Å². The molecule has 0 fully saturated rings. The maximum absolute atomic E-state index is 4.81. The first-order valence-electron chi connectivity index (χ1n) is 7.35. The summed E-state index contributed by atoms with van der Waals surface area (Å²) in [4.78, 5) is 0. The molecule has 2 aromatic rings. The summed E-state index contributed by atoms with van der Waals surface area (Å²) in [6, 6.07) is 8.61. The first-order valence-corrected chi connectivity index (χ1v) is 9.53. The molecule has 0 radical (unpaired) electrons. The van der Waals surface area contributed by atoms with Crippen LogP contribution in [0.5, 0.6) is 0 Å². The molecule has 0 amide bonds. The number of nitrogens with zero attached hydrogens (tertiary/aromatic N) is 2.